The monoisotopic (exact) mass is 520 g/mol. The summed E-state index contributed by atoms with van der Waals surface area (Å²) < 4.78 is 1.87. The van der Waals surface area contributed by atoms with Crippen LogP contribution >= 0.6 is 0 Å². The molecule has 0 bridgehead atoms. The van der Waals surface area contributed by atoms with Crippen LogP contribution in [0.2, 0.25) is 0 Å². The van der Waals surface area contributed by atoms with Crippen LogP contribution in [-0.2, 0) is 11.2 Å². The number of likely N-dealkylation sites (tertiary alicyclic amines) is 1. The Balaban J connectivity index is 1.41. The number of primary amides is 1. The number of piperidine rings is 1. The van der Waals surface area contributed by atoms with Gasteiger partial charge in [0.2, 0.25) is 0 Å². The predicted molar refractivity (Wildman–Crippen MR) is 147 cm³/mol. The SMILES string of the molecule is CCC(=O)CN1CCC(Nc2cc(-n3nc(C)c4c3CC(C)(C)N(CC3CC3)C4=O)ccc2C(N)=O)CC1. The van der Waals surface area contributed by atoms with Gasteiger partial charge in [0, 0.05) is 49.7 Å². The Morgan fingerprint density at radius 1 is 1.16 bits per heavy atom. The van der Waals surface area contributed by atoms with Gasteiger partial charge in [-0.1, -0.05) is 6.92 Å². The van der Waals surface area contributed by atoms with Crippen molar-refractivity contribution in [2.24, 2.45) is 11.7 Å². The summed E-state index contributed by atoms with van der Waals surface area (Å²) in [5.74, 6) is 0.447. The van der Waals surface area contributed by atoms with E-state index in [1.165, 1.54) is 12.8 Å². The summed E-state index contributed by atoms with van der Waals surface area (Å²) in [6.07, 6.45) is 5.40. The molecule has 5 rings (SSSR count). The summed E-state index contributed by atoms with van der Waals surface area (Å²) in [6.45, 7) is 11.0. The fraction of sp³-hybridized carbons (Fsp3) is 0.586. The number of aryl methyl sites for hydroxylation is 1. The van der Waals surface area contributed by atoms with Crippen molar-refractivity contribution in [3.63, 3.8) is 0 Å². The lowest BCUT2D eigenvalue weighted by Gasteiger charge is -2.42. The minimum atomic E-state index is -0.490. The molecule has 1 aliphatic carbocycles. The van der Waals surface area contributed by atoms with E-state index in [9.17, 15) is 14.4 Å². The molecule has 0 spiro atoms. The number of carbonyl (C=O) groups excluding carboxylic acids is 3. The summed E-state index contributed by atoms with van der Waals surface area (Å²) in [4.78, 5) is 42.0. The molecule has 3 N–H and O–H groups in total. The van der Waals surface area contributed by atoms with E-state index in [2.05, 4.69) is 24.1 Å². The Labute approximate surface area is 224 Å². The third kappa shape index (κ3) is 5.21. The van der Waals surface area contributed by atoms with Crippen LogP contribution in [0.15, 0.2) is 18.2 Å². The summed E-state index contributed by atoms with van der Waals surface area (Å²) >= 11 is 0. The van der Waals surface area contributed by atoms with E-state index < -0.39 is 5.91 Å². The molecule has 0 atom stereocenters. The van der Waals surface area contributed by atoms with E-state index in [1.807, 2.05) is 35.6 Å². The maximum Gasteiger partial charge on any atom is 0.258 e. The number of aromatic nitrogens is 2. The van der Waals surface area contributed by atoms with E-state index in [0.29, 0.717) is 42.1 Å². The number of anilines is 1. The molecule has 2 amide bonds. The largest absolute Gasteiger partial charge is 0.382 e. The van der Waals surface area contributed by atoms with Gasteiger partial charge in [0.15, 0.2) is 0 Å². The molecule has 1 aromatic heterocycles. The number of carbonyl (C=O) groups is 3. The number of hydrogen-bond donors (Lipinski definition) is 2. The number of nitrogens with two attached hydrogens (primary N) is 1. The van der Waals surface area contributed by atoms with Crippen molar-refractivity contribution in [1.82, 2.24) is 19.6 Å². The highest BCUT2D eigenvalue weighted by molar-refractivity contribution is 6.00. The van der Waals surface area contributed by atoms with E-state index in [4.69, 9.17) is 10.8 Å². The molecule has 1 aromatic carbocycles. The summed E-state index contributed by atoms with van der Waals surface area (Å²) in [5, 5.41) is 8.35. The molecule has 1 saturated carbocycles. The average Bonchev–Trinajstić information content (AvgIpc) is 3.64. The third-order valence-electron chi connectivity index (χ3n) is 8.34. The van der Waals surface area contributed by atoms with Crippen molar-refractivity contribution in [2.75, 3.05) is 31.5 Å². The minimum Gasteiger partial charge on any atom is -0.382 e. The van der Waals surface area contributed by atoms with Crippen LogP contribution in [-0.4, -0.2) is 74.9 Å². The van der Waals surface area contributed by atoms with Crippen LogP contribution in [0.5, 0.6) is 0 Å². The molecule has 9 heteroatoms. The number of nitrogens with one attached hydrogen (secondary N) is 1. The zero-order valence-electron chi connectivity index (χ0n) is 23.0. The summed E-state index contributed by atoms with van der Waals surface area (Å²) in [5.41, 5.74) is 9.67. The van der Waals surface area contributed by atoms with Crippen LogP contribution in [0.25, 0.3) is 5.69 Å². The summed E-state index contributed by atoms with van der Waals surface area (Å²) in [7, 11) is 0. The number of Topliss-reactive ketones (excluding diaryl/α,β-unsaturated/α-hetero) is 1. The third-order valence-corrected chi connectivity index (χ3v) is 8.34. The fourth-order valence-corrected chi connectivity index (χ4v) is 5.85. The van der Waals surface area contributed by atoms with E-state index in [1.54, 1.807) is 6.07 Å². The zero-order valence-corrected chi connectivity index (χ0v) is 23.0. The molecule has 0 radical (unpaired) electrons. The van der Waals surface area contributed by atoms with E-state index in [-0.39, 0.29) is 23.3 Å². The van der Waals surface area contributed by atoms with Gasteiger partial charge in [-0.2, -0.15) is 5.10 Å². The van der Waals surface area contributed by atoms with Gasteiger partial charge in [-0.15, -0.1) is 0 Å². The van der Waals surface area contributed by atoms with Gasteiger partial charge in [0.1, 0.15) is 5.78 Å². The van der Waals surface area contributed by atoms with Crippen molar-refractivity contribution in [2.45, 2.75) is 77.8 Å². The predicted octanol–water partition coefficient (Wildman–Crippen LogP) is 3.32. The molecule has 2 aliphatic heterocycles. The maximum absolute atomic E-state index is 13.6. The number of rotatable bonds is 9. The first kappa shape index (κ1) is 26.4. The van der Waals surface area contributed by atoms with Gasteiger partial charge >= 0.3 is 0 Å². The number of fused-ring (bicyclic) bond motifs is 1. The van der Waals surface area contributed by atoms with Crippen LogP contribution in [0.3, 0.4) is 0 Å². The van der Waals surface area contributed by atoms with Crippen LogP contribution in [0.4, 0.5) is 5.69 Å². The first-order valence-corrected chi connectivity index (χ1v) is 13.9. The lowest BCUT2D eigenvalue weighted by atomic mass is 9.87. The maximum atomic E-state index is 13.6. The van der Waals surface area contributed by atoms with Crippen LogP contribution < -0.4 is 11.1 Å². The molecule has 2 fully saturated rings. The topological polar surface area (TPSA) is 114 Å². The fourth-order valence-electron chi connectivity index (χ4n) is 5.85. The Morgan fingerprint density at radius 2 is 1.87 bits per heavy atom. The Hall–Kier alpha value is -3.20. The molecule has 0 unspecified atom stereocenters. The highest BCUT2D eigenvalue weighted by Gasteiger charge is 2.43. The van der Waals surface area contributed by atoms with Crippen molar-refractivity contribution in [1.29, 1.82) is 0 Å². The Morgan fingerprint density at radius 3 is 2.50 bits per heavy atom. The number of amides is 2. The van der Waals surface area contributed by atoms with E-state index in [0.717, 1.165) is 49.6 Å². The second-order valence-electron chi connectivity index (χ2n) is 11.8. The quantitative estimate of drug-likeness (QED) is 0.524. The molecule has 3 aliphatic rings. The Kier molecular flexibility index (Phi) is 7.07. The average molecular weight is 521 g/mol. The van der Waals surface area contributed by atoms with Gasteiger partial charge in [-0.25, -0.2) is 4.68 Å². The number of nitrogens with zero attached hydrogens (tertiary/aromatic N) is 4. The first-order valence-electron chi connectivity index (χ1n) is 13.9. The molecule has 204 valence electrons. The highest BCUT2D eigenvalue weighted by Crippen LogP contribution is 2.38. The van der Waals surface area contributed by atoms with Crippen molar-refractivity contribution in [3.8, 4) is 5.69 Å². The molecule has 3 heterocycles. The van der Waals surface area contributed by atoms with Crippen molar-refractivity contribution < 1.29 is 14.4 Å². The smallest absolute Gasteiger partial charge is 0.258 e. The molecular formula is C29H40N6O3. The number of benzene rings is 1. The zero-order chi connectivity index (χ0) is 27.2. The van der Waals surface area contributed by atoms with Crippen molar-refractivity contribution >= 4 is 23.3 Å². The normalized spacial score (nSPS) is 19.9. The lowest BCUT2D eigenvalue weighted by molar-refractivity contribution is -0.120. The lowest BCUT2D eigenvalue weighted by Crippen LogP contribution is -2.53. The molecule has 1 saturated heterocycles. The first-order chi connectivity index (χ1) is 18.1. The second kappa shape index (κ2) is 10.2. The summed E-state index contributed by atoms with van der Waals surface area (Å²) in [6, 6.07) is 5.69. The van der Waals surface area contributed by atoms with Crippen LogP contribution in [0.1, 0.15) is 85.0 Å². The van der Waals surface area contributed by atoms with Gasteiger partial charge in [-0.3, -0.25) is 19.3 Å². The molecule has 9 nitrogen and oxygen atoms in total. The Bertz CT molecular complexity index is 1250. The highest BCUT2D eigenvalue weighted by atomic mass is 16.2. The van der Waals surface area contributed by atoms with Gasteiger partial charge in [-0.05, 0) is 70.6 Å². The second-order valence-corrected chi connectivity index (χ2v) is 11.8. The van der Waals surface area contributed by atoms with Gasteiger partial charge in [0.25, 0.3) is 11.8 Å². The number of ketones is 1. The van der Waals surface area contributed by atoms with Crippen molar-refractivity contribution in [3.05, 3.63) is 40.7 Å². The van der Waals surface area contributed by atoms with Gasteiger partial charge in [0.05, 0.1) is 34.7 Å². The standard InChI is InChI=1S/C29H40N6O3/c1-5-22(36)17-33-12-10-20(11-13-33)31-24-14-21(8-9-23(24)27(30)37)35-25-15-29(3,4)34(16-19-6-7-19)28(38)26(25)18(2)32-35/h8-9,14,19-20,31H,5-7,10-13,15-17H2,1-4H3,(H2,30,37). The molecule has 38 heavy (non-hydrogen) atoms. The minimum absolute atomic E-state index is 0.0623. The van der Waals surface area contributed by atoms with Crippen LogP contribution in [0, 0.1) is 12.8 Å². The number of hydrogen-bond acceptors (Lipinski definition) is 6. The molecular weight excluding hydrogens is 480 g/mol. The molecule has 2 aromatic rings. The van der Waals surface area contributed by atoms with Gasteiger partial charge < -0.3 is 16.0 Å². The van der Waals surface area contributed by atoms with E-state index >= 15 is 0 Å².